The number of amides is 1. The summed E-state index contributed by atoms with van der Waals surface area (Å²) < 4.78 is 0.860. The van der Waals surface area contributed by atoms with Crippen molar-refractivity contribution in [1.82, 2.24) is 10.6 Å². The first-order valence-electron chi connectivity index (χ1n) is 6.44. The van der Waals surface area contributed by atoms with Crippen LogP contribution in [-0.2, 0) is 0 Å². The lowest BCUT2D eigenvalue weighted by Gasteiger charge is -2.11. The van der Waals surface area contributed by atoms with Gasteiger partial charge in [-0.1, -0.05) is 6.07 Å². The fourth-order valence-electron chi connectivity index (χ4n) is 2.26. The number of carbonyl (C=O) groups is 1. The molecular weight excluding hydrogens is 328 g/mol. The third-order valence-corrected chi connectivity index (χ3v) is 3.97. The highest BCUT2D eigenvalue weighted by Gasteiger charge is 2.14. The van der Waals surface area contributed by atoms with Crippen LogP contribution in [-0.4, -0.2) is 25.0 Å². The van der Waals surface area contributed by atoms with Gasteiger partial charge in [0, 0.05) is 17.1 Å². The zero-order chi connectivity index (χ0) is 13.0. The molecule has 1 heterocycles. The summed E-state index contributed by atoms with van der Waals surface area (Å²) in [6, 6.07) is 6.36. The van der Waals surface area contributed by atoms with E-state index in [1.165, 1.54) is 12.8 Å². The van der Waals surface area contributed by atoms with E-state index in [2.05, 4.69) is 26.6 Å². The number of hydrogen-bond donors (Lipinski definition) is 2. The number of aryl methyl sites for hydroxylation is 1. The van der Waals surface area contributed by atoms with Gasteiger partial charge < -0.3 is 10.6 Å². The minimum Gasteiger partial charge on any atom is -0.352 e. The Balaban J connectivity index is 0.00000180. The number of nitrogens with one attached hydrogen (secondary N) is 2. The highest BCUT2D eigenvalue weighted by atomic mass is 79.9. The summed E-state index contributed by atoms with van der Waals surface area (Å²) in [5.41, 5.74) is 1.86. The molecule has 0 spiro atoms. The van der Waals surface area contributed by atoms with Crippen molar-refractivity contribution in [3.8, 4) is 0 Å². The third kappa shape index (κ3) is 4.79. The highest BCUT2D eigenvalue weighted by molar-refractivity contribution is 9.10. The zero-order valence-electron chi connectivity index (χ0n) is 11.0. The second-order valence-corrected chi connectivity index (χ2v) is 5.68. The predicted octanol–water partition coefficient (Wildman–Crippen LogP) is 3.05. The first kappa shape index (κ1) is 16.5. The number of hydrogen-bond acceptors (Lipinski definition) is 2. The predicted molar refractivity (Wildman–Crippen MR) is 84.1 cm³/mol. The van der Waals surface area contributed by atoms with Gasteiger partial charge in [0.25, 0.3) is 5.91 Å². The molecule has 106 valence electrons. The van der Waals surface area contributed by atoms with Crippen LogP contribution >= 0.6 is 28.3 Å². The first-order valence-corrected chi connectivity index (χ1v) is 7.24. The quantitative estimate of drug-likeness (QED) is 0.879. The van der Waals surface area contributed by atoms with Crippen LogP contribution in [0.5, 0.6) is 0 Å². The third-order valence-electron chi connectivity index (χ3n) is 3.31. The van der Waals surface area contributed by atoms with Crippen molar-refractivity contribution < 1.29 is 4.79 Å². The molecular formula is C14H20BrClN2O. The van der Waals surface area contributed by atoms with Crippen molar-refractivity contribution in [1.29, 1.82) is 0 Å². The second kappa shape index (κ2) is 7.88. The lowest BCUT2D eigenvalue weighted by atomic mass is 10.1. The standard InChI is InChI=1S/C14H19BrN2O.ClH/c1-10-4-5-12(13(15)9-10)14(18)17-8-6-11-3-2-7-16-11;/h4-5,9,11,16H,2-3,6-8H2,1H3,(H,17,18);1H/t11-;/m1./s1. The lowest BCUT2D eigenvalue weighted by molar-refractivity contribution is 0.0951. The maximum atomic E-state index is 12.0. The van der Waals surface area contributed by atoms with Gasteiger partial charge in [0.2, 0.25) is 0 Å². The van der Waals surface area contributed by atoms with Crippen molar-refractivity contribution in [2.45, 2.75) is 32.2 Å². The van der Waals surface area contributed by atoms with Gasteiger partial charge in [-0.25, -0.2) is 0 Å². The molecule has 5 heteroatoms. The van der Waals surface area contributed by atoms with Gasteiger partial charge in [0.1, 0.15) is 0 Å². The second-order valence-electron chi connectivity index (χ2n) is 4.82. The van der Waals surface area contributed by atoms with Crippen LogP contribution in [0.15, 0.2) is 22.7 Å². The largest absolute Gasteiger partial charge is 0.352 e. The van der Waals surface area contributed by atoms with Crippen LogP contribution in [0, 0.1) is 6.92 Å². The topological polar surface area (TPSA) is 41.1 Å². The molecule has 19 heavy (non-hydrogen) atoms. The van der Waals surface area contributed by atoms with E-state index in [1.807, 2.05) is 25.1 Å². The average Bonchev–Trinajstić information content (AvgIpc) is 2.81. The van der Waals surface area contributed by atoms with Gasteiger partial charge in [-0.2, -0.15) is 0 Å². The average molecular weight is 348 g/mol. The molecule has 0 radical (unpaired) electrons. The van der Waals surface area contributed by atoms with E-state index in [4.69, 9.17) is 0 Å². The van der Waals surface area contributed by atoms with Gasteiger partial charge >= 0.3 is 0 Å². The van der Waals surface area contributed by atoms with Crippen LogP contribution in [0.3, 0.4) is 0 Å². The fourth-order valence-corrected chi connectivity index (χ4v) is 2.94. The van der Waals surface area contributed by atoms with Crippen molar-refractivity contribution >= 4 is 34.2 Å². The first-order chi connectivity index (χ1) is 8.66. The SMILES string of the molecule is Cc1ccc(C(=O)NCC[C@H]2CCCN2)c(Br)c1.Cl. The summed E-state index contributed by atoms with van der Waals surface area (Å²) in [7, 11) is 0. The van der Waals surface area contributed by atoms with Crippen LogP contribution in [0.1, 0.15) is 35.2 Å². The molecule has 1 aromatic rings. The Morgan fingerprint density at radius 3 is 2.95 bits per heavy atom. The monoisotopic (exact) mass is 346 g/mol. The van der Waals surface area contributed by atoms with E-state index in [1.54, 1.807) is 0 Å². The Morgan fingerprint density at radius 2 is 2.32 bits per heavy atom. The van der Waals surface area contributed by atoms with E-state index in [9.17, 15) is 4.79 Å². The summed E-state index contributed by atoms with van der Waals surface area (Å²) in [6.45, 7) is 3.86. The Bertz CT molecular complexity index is 433. The molecule has 1 aliphatic rings. The van der Waals surface area contributed by atoms with Crippen molar-refractivity contribution in [2.24, 2.45) is 0 Å². The van der Waals surface area contributed by atoms with E-state index >= 15 is 0 Å². The molecule has 1 saturated heterocycles. The molecule has 3 nitrogen and oxygen atoms in total. The smallest absolute Gasteiger partial charge is 0.252 e. The Labute approximate surface area is 129 Å². The zero-order valence-corrected chi connectivity index (χ0v) is 13.4. The van der Waals surface area contributed by atoms with Crippen LogP contribution in [0.25, 0.3) is 0 Å². The summed E-state index contributed by atoms with van der Waals surface area (Å²) >= 11 is 3.43. The van der Waals surface area contributed by atoms with E-state index < -0.39 is 0 Å². The van der Waals surface area contributed by atoms with Crippen LogP contribution < -0.4 is 10.6 Å². The Hall–Kier alpha value is -0.580. The fraction of sp³-hybridized carbons (Fsp3) is 0.500. The van der Waals surface area contributed by atoms with Crippen molar-refractivity contribution in [2.75, 3.05) is 13.1 Å². The van der Waals surface area contributed by atoms with E-state index in [-0.39, 0.29) is 18.3 Å². The van der Waals surface area contributed by atoms with Gasteiger partial charge in [-0.15, -0.1) is 12.4 Å². The number of halogens is 2. The van der Waals surface area contributed by atoms with Crippen molar-refractivity contribution in [3.63, 3.8) is 0 Å². The lowest BCUT2D eigenvalue weighted by Crippen LogP contribution is -2.30. The number of carbonyl (C=O) groups excluding carboxylic acids is 1. The van der Waals surface area contributed by atoms with Gasteiger partial charge in [-0.05, 0) is 66.4 Å². The summed E-state index contributed by atoms with van der Waals surface area (Å²) in [5, 5.41) is 6.41. The summed E-state index contributed by atoms with van der Waals surface area (Å²) in [5.74, 6) is -0.000119. The minimum atomic E-state index is -0.000119. The highest BCUT2D eigenvalue weighted by Crippen LogP contribution is 2.18. The maximum Gasteiger partial charge on any atom is 0.252 e. The molecule has 1 atom stereocenters. The normalized spacial score (nSPS) is 17.9. The molecule has 0 aromatic heterocycles. The van der Waals surface area contributed by atoms with Gasteiger partial charge in [0.15, 0.2) is 0 Å². The van der Waals surface area contributed by atoms with Gasteiger partial charge in [0.05, 0.1) is 5.56 Å². The molecule has 1 fully saturated rings. The molecule has 0 bridgehead atoms. The maximum absolute atomic E-state index is 12.0. The molecule has 0 unspecified atom stereocenters. The number of rotatable bonds is 4. The molecule has 2 rings (SSSR count). The summed E-state index contributed by atoms with van der Waals surface area (Å²) in [4.78, 5) is 12.0. The van der Waals surface area contributed by atoms with Gasteiger partial charge in [-0.3, -0.25) is 4.79 Å². The molecule has 1 aromatic carbocycles. The molecule has 1 aliphatic heterocycles. The summed E-state index contributed by atoms with van der Waals surface area (Å²) in [6.07, 6.45) is 3.49. The Morgan fingerprint density at radius 1 is 1.53 bits per heavy atom. The van der Waals surface area contributed by atoms with Crippen LogP contribution in [0.4, 0.5) is 0 Å². The number of benzene rings is 1. The minimum absolute atomic E-state index is 0. The van der Waals surface area contributed by atoms with Crippen LogP contribution in [0.2, 0.25) is 0 Å². The van der Waals surface area contributed by atoms with Crippen molar-refractivity contribution in [3.05, 3.63) is 33.8 Å². The molecule has 0 saturated carbocycles. The van der Waals surface area contributed by atoms with E-state index in [0.29, 0.717) is 11.6 Å². The Kier molecular flexibility index (Phi) is 6.83. The van der Waals surface area contributed by atoms with E-state index in [0.717, 1.165) is 29.5 Å². The molecule has 0 aliphatic carbocycles. The molecule has 1 amide bonds. The molecule has 2 N–H and O–H groups in total.